The maximum Gasteiger partial charge on any atom is 0.191 e. The third-order valence-corrected chi connectivity index (χ3v) is 5.16. The molecule has 23 heavy (non-hydrogen) atoms. The van der Waals surface area contributed by atoms with Crippen molar-refractivity contribution in [2.45, 2.75) is 64.0 Å². The molecule has 1 aliphatic heterocycles. The van der Waals surface area contributed by atoms with E-state index in [1.165, 1.54) is 38.5 Å². The summed E-state index contributed by atoms with van der Waals surface area (Å²) < 4.78 is 5.69. The summed E-state index contributed by atoms with van der Waals surface area (Å²) in [7, 11) is 4.39. The Hall–Kier alpha value is -0.810. The van der Waals surface area contributed by atoms with Gasteiger partial charge in [0.2, 0.25) is 0 Å². The van der Waals surface area contributed by atoms with Crippen molar-refractivity contribution >= 4 is 5.96 Å². The van der Waals surface area contributed by atoms with Gasteiger partial charge in [-0.15, -0.1) is 0 Å². The third-order valence-electron chi connectivity index (χ3n) is 5.16. The number of hydrogen-bond acceptors (Lipinski definition) is 3. The van der Waals surface area contributed by atoms with Crippen LogP contribution in [0.4, 0.5) is 0 Å². The first kappa shape index (κ1) is 18.5. The molecule has 5 heteroatoms. The molecule has 0 radical (unpaired) electrons. The summed E-state index contributed by atoms with van der Waals surface area (Å²) in [5.74, 6) is 1.73. The molecule has 0 bridgehead atoms. The number of aliphatic imine (C=N–C) groups is 1. The monoisotopic (exact) mass is 324 g/mol. The Morgan fingerprint density at radius 1 is 1.13 bits per heavy atom. The Balaban J connectivity index is 1.87. The molecule has 1 heterocycles. The van der Waals surface area contributed by atoms with Crippen LogP contribution in [0.25, 0.3) is 0 Å². The van der Waals surface area contributed by atoms with Crippen molar-refractivity contribution in [3.8, 4) is 0 Å². The zero-order valence-electron chi connectivity index (χ0n) is 15.3. The maximum atomic E-state index is 5.69. The fourth-order valence-corrected chi connectivity index (χ4v) is 3.80. The van der Waals surface area contributed by atoms with Crippen molar-refractivity contribution in [3.05, 3.63) is 0 Å². The van der Waals surface area contributed by atoms with Crippen LogP contribution in [-0.2, 0) is 4.74 Å². The van der Waals surface area contributed by atoms with Crippen molar-refractivity contribution in [3.63, 3.8) is 0 Å². The van der Waals surface area contributed by atoms with Gasteiger partial charge in [0.15, 0.2) is 5.96 Å². The summed E-state index contributed by atoms with van der Waals surface area (Å²) in [4.78, 5) is 7.23. The van der Waals surface area contributed by atoms with Crippen LogP contribution in [0.1, 0.15) is 51.9 Å². The lowest BCUT2D eigenvalue weighted by molar-refractivity contribution is 0.113. The van der Waals surface area contributed by atoms with Crippen LogP contribution in [0.3, 0.4) is 0 Å². The zero-order valence-corrected chi connectivity index (χ0v) is 15.3. The van der Waals surface area contributed by atoms with Crippen molar-refractivity contribution < 1.29 is 4.74 Å². The Bertz CT molecular complexity index is 347. The first-order valence-corrected chi connectivity index (χ1v) is 9.51. The molecule has 0 spiro atoms. The van der Waals surface area contributed by atoms with Gasteiger partial charge in [-0.3, -0.25) is 4.99 Å². The van der Waals surface area contributed by atoms with Crippen LogP contribution in [0, 0.1) is 5.92 Å². The lowest BCUT2D eigenvalue weighted by Crippen LogP contribution is -2.43. The van der Waals surface area contributed by atoms with Gasteiger partial charge in [-0.2, -0.15) is 0 Å². The standard InChI is InChI=1S/C18H36N4O/c1-4-19-18(20-13-16-11-8-12-23-16)21-14-17(22(2)3)15-9-6-5-7-10-15/h15-17H,4-14H2,1-3H3,(H2,19,20,21). The molecular formula is C18H36N4O. The van der Waals surface area contributed by atoms with E-state index >= 15 is 0 Å². The number of nitrogens with zero attached hydrogens (tertiary/aromatic N) is 2. The fourth-order valence-electron chi connectivity index (χ4n) is 3.80. The van der Waals surface area contributed by atoms with Gasteiger partial charge in [-0.1, -0.05) is 19.3 Å². The van der Waals surface area contributed by atoms with Gasteiger partial charge in [0.25, 0.3) is 0 Å². The van der Waals surface area contributed by atoms with Gasteiger partial charge in [0.05, 0.1) is 12.6 Å². The number of ether oxygens (including phenoxy) is 1. The van der Waals surface area contributed by atoms with Crippen LogP contribution in [0.5, 0.6) is 0 Å². The predicted octanol–water partition coefficient (Wildman–Crippen LogP) is 2.23. The van der Waals surface area contributed by atoms with E-state index in [9.17, 15) is 0 Å². The lowest BCUT2D eigenvalue weighted by Gasteiger charge is -2.34. The fraction of sp³-hybridized carbons (Fsp3) is 0.944. The normalized spacial score (nSPS) is 24.9. The summed E-state index contributed by atoms with van der Waals surface area (Å²) >= 11 is 0. The minimum atomic E-state index is 0.349. The second-order valence-electron chi connectivity index (χ2n) is 7.16. The summed E-state index contributed by atoms with van der Waals surface area (Å²) in [6.45, 7) is 5.66. The smallest absolute Gasteiger partial charge is 0.191 e. The average molecular weight is 325 g/mol. The molecular weight excluding hydrogens is 288 g/mol. The molecule has 0 aromatic rings. The van der Waals surface area contributed by atoms with Gasteiger partial charge in [-0.25, -0.2) is 0 Å². The molecule has 2 fully saturated rings. The number of hydrogen-bond donors (Lipinski definition) is 2. The molecule has 0 amide bonds. The van der Waals surface area contributed by atoms with E-state index in [4.69, 9.17) is 9.73 Å². The molecule has 2 unspecified atom stereocenters. The van der Waals surface area contributed by atoms with Crippen molar-refractivity contribution in [2.24, 2.45) is 10.9 Å². The highest BCUT2D eigenvalue weighted by atomic mass is 16.5. The minimum Gasteiger partial charge on any atom is -0.376 e. The predicted molar refractivity (Wildman–Crippen MR) is 97.0 cm³/mol. The average Bonchev–Trinajstić information content (AvgIpc) is 3.07. The largest absolute Gasteiger partial charge is 0.376 e. The third kappa shape index (κ3) is 6.30. The Labute approximate surface area is 142 Å². The van der Waals surface area contributed by atoms with Gasteiger partial charge in [-0.05, 0) is 52.6 Å². The molecule has 2 aliphatic rings. The second-order valence-corrected chi connectivity index (χ2v) is 7.16. The number of likely N-dealkylation sites (N-methyl/N-ethyl adjacent to an activating group) is 1. The first-order chi connectivity index (χ1) is 11.2. The Kier molecular flexibility index (Phi) is 8.17. The molecule has 2 atom stereocenters. The minimum absolute atomic E-state index is 0.349. The summed E-state index contributed by atoms with van der Waals surface area (Å²) in [6.07, 6.45) is 9.59. The number of guanidine groups is 1. The molecule has 0 aromatic heterocycles. The van der Waals surface area contributed by atoms with Crippen LogP contribution in [0.2, 0.25) is 0 Å². The SMILES string of the molecule is CCNC(=NCC(C1CCCCC1)N(C)C)NCC1CCCO1. The lowest BCUT2D eigenvalue weighted by atomic mass is 9.83. The summed E-state index contributed by atoms with van der Waals surface area (Å²) in [5.41, 5.74) is 0. The quantitative estimate of drug-likeness (QED) is 0.557. The highest BCUT2D eigenvalue weighted by Gasteiger charge is 2.25. The second kappa shape index (κ2) is 10.1. The molecule has 134 valence electrons. The molecule has 2 rings (SSSR count). The van der Waals surface area contributed by atoms with E-state index in [1.807, 2.05) is 0 Å². The molecule has 0 aromatic carbocycles. The summed E-state index contributed by atoms with van der Waals surface area (Å²) in [5, 5.41) is 6.82. The van der Waals surface area contributed by atoms with Crippen LogP contribution in [0.15, 0.2) is 4.99 Å². The zero-order chi connectivity index (χ0) is 16.5. The highest BCUT2D eigenvalue weighted by molar-refractivity contribution is 5.79. The van der Waals surface area contributed by atoms with Crippen LogP contribution >= 0.6 is 0 Å². The van der Waals surface area contributed by atoms with Gasteiger partial charge in [0.1, 0.15) is 0 Å². The molecule has 1 saturated heterocycles. The van der Waals surface area contributed by atoms with E-state index in [0.29, 0.717) is 12.1 Å². The van der Waals surface area contributed by atoms with Gasteiger partial charge in [0, 0.05) is 25.7 Å². The first-order valence-electron chi connectivity index (χ1n) is 9.51. The number of rotatable bonds is 7. The molecule has 1 aliphatic carbocycles. The Morgan fingerprint density at radius 2 is 1.91 bits per heavy atom. The highest BCUT2D eigenvalue weighted by Crippen LogP contribution is 2.28. The van der Waals surface area contributed by atoms with Crippen molar-refractivity contribution in [1.29, 1.82) is 0 Å². The topological polar surface area (TPSA) is 48.9 Å². The van der Waals surface area contributed by atoms with E-state index in [2.05, 4.69) is 36.6 Å². The molecule has 2 N–H and O–H groups in total. The van der Waals surface area contributed by atoms with Gasteiger partial charge >= 0.3 is 0 Å². The van der Waals surface area contributed by atoms with Crippen LogP contribution < -0.4 is 10.6 Å². The number of nitrogens with one attached hydrogen (secondary N) is 2. The molecule has 5 nitrogen and oxygen atoms in total. The van der Waals surface area contributed by atoms with E-state index in [0.717, 1.165) is 44.5 Å². The van der Waals surface area contributed by atoms with Gasteiger partial charge < -0.3 is 20.3 Å². The van der Waals surface area contributed by atoms with E-state index in [-0.39, 0.29) is 0 Å². The maximum absolute atomic E-state index is 5.69. The molecule has 1 saturated carbocycles. The van der Waals surface area contributed by atoms with Crippen molar-refractivity contribution in [2.75, 3.05) is 40.3 Å². The van der Waals surface area contributed by atoms with E-state index < -0.39 is 0 Å². The van der Waals surface area contributed by atoms with E-state index in [1.54, 1.807) is 0 Å². The van der Waals surface area contributed by atoms with Crippen LogP contribution in [-0.4, -0.2) is 63.3 Å². The Morgan fingerprint density at radius 3 is 2.52 bits per heavy atom. The van der Waals surface area contributed by atoms with Crippen molar-refractivity contribution in [1.82, 2.24) is 15.5 Å². The summed E-state index contributed by atoms with van der Waals surface area (Å²) in [6, 6.07) is 0.550.